The summed E-state index contributed by atoms with van der Waals surface area (Å²) in [6, 6.07) is 11.0. The van der Waals surface area contributed by atoms with Crippen LogP contribution in [-0.4, -0.2) is 29.9 Å². The predicted octanol–water partition coefficient (Wildman–Crippen LogP) is 3.83. The number of nitrogens with zero attached hydrogens (tertiary/aromatic N) is 2. The van der Waals surface area contributed by atoms with Crippen LogP contribution >= 0.6 is 0 Å². The van der Waals surface area contributed by atoms with Crippen molar-refractivity contribution < 1.29 is 9.59 Å². The van der Waals surface area contributed by atoms with Crippen LogP contribution in [0.15, 0.2) is 42.6 Å². The van der Waals surface area contributed by atoms with Gasteiger partial charge in [0.15, 0.2) is 0 Å². The van der Waals surface area contributed by atoms with E-state index in [0.717, 1.165) is 17.7 Å². The summed E-state index contributed by atoms with van der Waals surface area (Å²) >= 11 is 0. The smallest absolute Gasteiger partial charge is 0.276 e. The van der Waals surface area contributed by atoms with Gasteiger partial charge >= 0.3 is 0 Å². The minimum absolute atomic E-state index is 0.180. The number of hydrogen-bond donors (Lipinski definition) is 1. The third-order valence-corrected chi connectivity index (χ3v) is 4.12. The molecule has 0 atom stereocenters. The van der Waals surface area contributed by atoms with E-state index in [-0.39, 0.29) is 17.5 Å². The van der Waals surface area contributed by atoms with Crippen LogP contribution in [0, 0.1) is 12.8 Å². The third kappa shape index (κ3) is 5.15. The minimum atomic E-state index is -0.213. The van der Waals surface area contributed by atoms with Gasteiger partial charge < -0.3 is 10.2 Å². The molecular weight excluding hydrogens is 326 g/mol. The van der Waals surface area contributed by atoms with Gasteiger partial charge in [-0.3, -0.25) is 14.6 Å². The predicted molar refractivity (Wildman–Crippen MR) is 105 cm³/mol. The maximum atomic E-state index is 12.9. The normalized spacial score (nSPS) is 10.7. The fourth-order valence-electron chi connectivity index (χ4n) is 2.64. The molecule has 1 N–H and O–H groups in total. The van der Waals surface area contributed by atoms with Gasteiger partial charge in [-0.1, -0.05) is 26.0 Å². The molecule has 1 aromatic carbocycles. The van der Waals surface area contributed by atoms with Gasteiger partial charge in [0, 0.05) is 30.5 Å². The second-order valence-corrected chi connectivity index (χ2v) is 6.76. The lowest BCUT2D eigenvalue weighted by Crippen LogP contribution is -2.32. The molecule has 5 heteroatoms. The number of carbonyl (C=O) groups is 2. The largest absolute Gasteiger partial charge is 0.352 e. The number of rotatable bonds is 7. The quantitative estimate of drug-likeness (QED) is 0.823. The molecule has 0 bridgehead atoms. The molecule has 1 heterocycles. The van der Waals surface area contributed by atoms with Crippen molar-refractivity contribution in [3.05, 3.63) is 59.4 Å². The van der Waals surface area contributed by atoms with Crippen LogP contribution in [0.3, 0.4) is 0 Å². The molecule has 138 valence electrons. The maximum absolute atomic E-state index is 12.9. The van der Waals surface area contributed by atoms with Crippen LogP contribution < -0.4 is 10.2 Å². The average molecular weight is 353 g/mol. The van der Waals surface area contributed by atoms with Crippen molar-refractivity contribution in [2.75, 3.05) is 18.0 Å². The van der Waals surface area contributed by atoms with Gasteiger partial charge in [0.2, 0.25) is 0 Å². The second-order valence-electron chi connectivity index (χ2n) is 6.76. The molecule has 0 unspecified atom stereocenters. The van der Waals surface area contributed by atoms with Crippen LogP contribution in [0.2, 0.25) is 0 Å². The number of nitrogens with one attached hydrogen (secondary N) is 1. The highest BCUT2D eigenvalue weighted by atomic mass is 16.2. The van der Waals surface area contributed by atoms with Gasteiger partial charge in [0.25, 0.3) is 11.8 Å². The number of aryl methyl sites for hydroxylation is 1. The highest BCUT2D eigenvalue weighted by molar-refractivity contribution is 6.06. The van der Waals surface area contributed by atoms with Crippen LogP contribution in [0.1, 0.15) is 53.6 Å². The number of benzene rings is 1. The summed E-state index contributed by atoms with van der Waals surface area (Å²) in [4.78, 5) is 31.0. The Labute approximate surface area is 155 Å². The minimum Gasteiger partial charge on any atom is -0.352 e. The number of hydrogen-bond acceptors (Lipinski definition) is 3. The summed E-state index contributed by atoms with van der Waals surface area (Å²) in [5, 5.41) is 2.89. The Morgan fingerprint density at radius 2 is 1.96 bits per heavy atom. The highest BCUT2D eigenvalue weighted by Crippen LogP contribution is 2.18. The van der Waals surface area contributed by atoms with Crippen molar-refractivity contribution in [3.8, 4) is 0 Å². The summed E-state index contributed by atoms with van der Waals surface area (Å²) < 4.78 is 0. The fourth-order valence-corrected chi connectivity index (χ4v) is 2.64. The maximum Gasteiger partial charge on any atom is 0.276 e. The monoisotopic (exact) mass is 353 g/mol. The van der Waals surface area contributed by atoms with Gasteiger partial charge in [-0.2, -0.15) is 0 Å². The van der Waals surface area contributed by atoms with Crippen LogP contribution in [0.4, 0.5) is 5.69 Å². The summed E-state index contributed by atoms with van der Waals surface area (Å²) in [7, 11) is 0. The molecular formula is C21H27N3O2. The van der Waals surface area contributed by atoms with E-state index in [1.165, 1.54) is 6.20 Å². The second kappa shape index (κ2) is 9.13. The van der Waals surface area contributed by atoms with Gasteiger partial charge in [-0.15, -0.1) is 0 Å². The Morgan fingerprint density at radius 3 is 2.62 bits per heavy atom. The van der Waals surface area contributed by atoms with Crippen LogP contribution in [0.25, 0.3) is 0 Å². The number of amides is 2. The summed E-state index contributed by atoms with van der Waals surface area (Å²) in [6.45, 7) is 9.27. The van der Waals surface area contributed by atoms with E-state index in [0.29, 0.717) is 24.6 Å². The average Bonchev–Trinajstić information content (AvgIpc) is 2.62. The van der Waals surface area contributed by atoms with Gasteiger partial charge in [0.1, 0.15) is 5.69 Å². The molecule has 26 heavy (non-hydrogen) atoms. The number of anilines is 1. The third-order valence-electron chi connectivity index (χ3n) is 4.12. The van der Waals surface area contributed by atoms with E-state index in [1.807, 2.05) is 38.1 Å². The lowest BCUT2D eigenvalue weighted by atomic mass is 10.1. The first kappa shape index (κ1) is 19.6. The van der Waals surface area contributed by atoms with Crippen LogP contribution in [-0.2, 0) is 0 Å². The molecule has 0 fully saturated rings. The molecule has 2 aromatic rings. The summed E-state index contributed by atoms with van der Waals surface area (Å²) in [5.74, 6) is 0.132. The van der Waals surface area contributed by atoms with Crippen molar-refractivity contribution in [1.82, 2.24) is 10.3 Å². The molecule has 2 rings (SSSR count). The lowest BCUT2D eigenvalue weighted by Gasteiger charge is -2.21. The van der Waals surface area contributed by atoms with Crippen molar-refractivity contribution in [2.24, 2.45) is 5.92 Å². The zero-order chi connectivity index (χ0) is 19.1. The van der Waals surface area contributed by atoms with E-state index >= 15 is 0 Å². The Morgan fingerprint density at radius 1 is 1.19 bits per heavy atom. The molecule has 5 nitrogen and oxygen atoms in total. The highest BCUT2D eigenvalue weighted by Gasteiger charge is 2.19. The molecule has 0 saturated carbocycles. The Balaban J connectivity index is 2.17. The SMILES string of the molecule is CCN(C(=O)c1cc(C(=O)NCCC(C)C)ccn1)c1cccc(C)c1. The van der Waals surface area contributed by atoms with E-state index in [4.69, 9.17) is 0 Å². The van der Waals surface area contributed by atoms with E-state index < -0.39 is 0 Å². The van der Waals surface area contributed by atoms with E-state index in [9.17, 15) is 9.59 Å². The van der Waals surface area contributed by atoms with E-state index in [1.54, 1.807) is 17.0 Å². The first-order valence-electron chi connectivity index (χ1n) is 9.05. The van der Waals surface area contributed by atoms with E-state index in [2.05, 4.69) is 24.1 Å². The number of pyridine rings is 1. The summed E-state index contributed by atoms with van der Waals surface area (Å²) in [6.07, 6.45) is 2.42. The molecule has 0 aliphatic heterocycles. The standard InChI is InChI=1S/C21H27N3O2/c1-5-24(18-8-6-7-16(4)13-18)21(26)19-14-17(10-12-22-19)20(25)23-11-9-15(2)3/h6-8,10,12-15H,5,9,11H2,1-4H3,(H,23,25). The molecule has 0 spiro atoms. The lowest BCUT2D eigenvalue weighted by molar-refractivity contribution is 0.0952. The first-order chi connectivity index (χ1) is 12.4. The molecule has 0 saturated heterocycles. The number of carbonyl (C=O) groups excluding carboxylic acids is 2. The molecule has 0 aliphatic rings. The van der Waals surface area contributed by atoms with Gasteiger partial charge in [0.05, 0.1) is 0 Å². The first-order valence-corrected chi connectivity index (χ1v) is 9.05. The topological polar surface area (TPSA) is 62.3 Å². The zero-order valence-electron chi connectivity index (χ0n) is 16.0. The Bertz CT molecular complexity index is 771. The molecule has 0 aliphatic carbocycles. The fraction of sp³-hybridized carbons (Fsp3) is 0.381. The Hall–Kier alpha value is -2.69. The summed E-state index contributed by atoms with van der Waals surface area (Å²) in [5.41, 5.74) is 2.63. The molecule has 0 radical (unpaired) electrons. The van der Waals surface area contributed by atoms with Crippen molar-refractivity contribution in [3.63, 3.8) is 0 Å². The van der Waals surface area contributed by atoms with Crippen LogP contribution in [0.5, 0.6) is 0 Å². The van der Waals surface area contributed by atoms with Crippen molar-refractivity contribution >= 4 is 17.5 Å². The van der Waals surface area contributed by atoms with Crippen molar-refractivity contribution in [2.45, 2.75) is 34.1 Å². The molecule has 1 aromatic heterocycles. The molecule has 2 amide bonds. The zero-order valence-corrected chi connectivity index (χ0v) is 16.0. The number of aromatic nitrogens is 1. The van der Waals surface area contributed by atoms with Gasteiger partial charge in [-0.25, -0.2) is 0 Å². The van der Waals surface area contributed by atoms with Crippen molar-refractivity contribution in [1.29, 1.82) is 0 Å². The Kier molecular flexibility index (Phi) is 6.89. The van der Waals surface area contributed by atoms with Gasteiger partial charge in [-0.05, 0) is 56.0 Å².